The van der Waals surface area contributed by atoms with E-state index in [0.29, 0.717) is 11.9 Å². The van der Waals surface area contributed by atoms with Crippen molar-refractivity contribution in [3.05, 3.63) is 11.9 Å². The zero-order valence-corrected chi connectivity index (χ0v) is 12.4. The van der Waals surface area contributed by atoms with Gasteiger partial charge in [0.15, 0.2) is 0 Å². The molecule has 0 bridgehead atoms. The van der Waals surface area contributed by atoms with E-state index in [1.165, 1.54) is 6.33 Å². The molecule has 4 N–H and O–H groups in total. The minimum atomic E-state index is 0.325. The van der Waals surface area contributed by atoms with E-state index in [0.717, 1.165) is 37.4 Å². The Hall–Kier alpha value is -1.40. The van der Waals surface area contributed by atoms with Crippen LogP contribution in [0, 0.1) is 0 Å². The third-order valence-electron chi connectivity index (χ3n) is 3.25. The number of rotatable bonds is 8. The average molecular weight is 266 g/mol. The van der Waals surface area contributed by atoms with Gasteiger partial charge >= 0.3 is 0 Å². The first-order valence-electron chi connectivity index (χ1n) is 6.95. The summed E-state index contributed by atoms with van der Waals surface area (Å²) in [6.07, 6.45) is 2.36. The van der Waals surface area contributed by atoms with Crippen LogP contribution in [-0.2, 0) is 6.42 Å². The molecule has 0 aliphatic carbocycles. The van der Waals surface area contributed by atoms with E-state index in [-0.39, 0.29) is 0 Å². The summed E-state index contributed by atoms with van der Waals surface area (Å²) in [5.74, 6) is 7.03. The molecule has 0 saturated carbocycles. The van der Waals surface area contributed by atoms with Crippen LogP contribution in [0.15, 0.2) is 6.33 Å². The summed E-state index contributed by atoms with van der Waals surface area (Å²) in [5.41, 5.74) is 3.65. The smallest absolute Gasteiger partial charge is 0.148 e. The highest BCUT2D eigenvalue weighted by Gasteiger charge is 2.12. The molecule has 1 heterocycles. The molecule has 0 radical (unpaired) electrons. The molecule has 0 amide bonds. The number of nitrogens with zero attached hydrogens (tertiary/aromatic N) is 3. The first-order valence-corrected chi connectivity index (χ1v) is 6.95. The SMILES string of the molecule is CCc1c(NN)ncnc1NC(C)CN(CC)CC. The van der Waals surface area contributed by atoms with Crippen molar-refractivity contribution in [2.45, 2.75) is 40.2 Å². The van der Waals surface area contributed by atoms with E-state index in [9.17, 15) is 0 Å². The van der Waals surface area contributed by atoms with E-state index in [1.54, 1.807) is 0 Å². The van der Waals surface area contributed by atoms with E-state index in [1.807, 2.05) is 0 Å². The van der Waals surface area contributed by atoms with Gasteiger partial charge in [-0.1, -0.05) is 20.8 Å². The van der Waals surface area contributed by atoms with Gasteiger partial charge in [-0.25, -0.2) is 15.8 Å². The maximum absolute atomic E-state index is 5.47. The van der Waals surface area contributed by atoms with Crippen molar-refractivity contribution in [1.82, 2.24) is 14.9 Å². The monoisotopic (exact) mass is 266 g/mol. The molecule has 0 aromatic carbocycles. The molecule has 108 valence electrons. The lowest BCUT2D eigenvalue weighted by atomic mass is 10.2. The van der Waals surface area contributed by atoms with Gasteiger partial charge in [-0.15, -0.1) is 0 Å². The molecule has 6 nitrogen and oxygen atoms in total. The lowest BCUT2D eigenvalue weighted by Gasteiger charge is -2.24. The summed E-state index contributed by atoms with van der Waals surface area (Å²) in [6, 6.07) is 0.325. The van der Waals surface area contributed by atoms with Crippen molar-refractivity contribution in [1.29, 1.82) is 0 Å². The van der Waals surface area contributed by atoms with Crippen molar-refractivity contribution < 1.29 is 0 Å². The van der Waals surface area contributed by atoms with Crippen LogP contribution in [-0.4, -0.2) is 40.5 Å². The summed E-state index contributed by atoms with van der Waals surface area (Å²) >= 11 is 0. The Bertz CT molecular complexity index is 377. The zero-order chi connectivity index (χ0) is 14.3. The minimum Gasteiger partial charge on any atom is -0.366 e. The van der Waals surface area contributed by atoms with Gasteiger partial charge in [-0.05, 0) is 26.4 Å². The molecule has 1 aromatic rings. The summed E-state index contributed by atoms with van der Waals surface area (Å²) < 4.78 is 0. The number of anilines is 2. The molecule has 1 atom stereocenters. The van der Waals surface area contributed by atoms with Crippen molar-refractivity contribution in [2.24, 2.45) is 5.84 Å². The first-order chi connectivity index (χ1) is 9.15. The summed E-state index contributed by atoms with van der Waals surface area (Å²) in [6.45, 7) is 11.7. The van der Waals surface area contributed by atoms with Gasteiger partial charge in [0, 0.05) is 18.2 Å². The fourth-order valence-electron chi connectivity index (χ4n) is 2.14. The molecule has 1 aromatic heterocycles. The molecule has 1 unspecified atom stereocenters. The number of hydrogen-bond donors (Lipinski definition) is 3. The third-order valence-corrected chi connectivity index (χ3v) is 3.25. The largest absolute Gasteiger partial charge is 0.366 e. The lowest BCUT2D eigenvalue weighted by Crippen LogP contribution is -2.35. The van der Waals surface area contributed by atoms with Gasteiger partial charge in [-0.3, -0.25) is 0 Å². The van der Waals surface area contributed by atoms with Crippen molar-refractivity contribution >= 4 is 11.6 Å². The van der Waals surface area contributed by atoms with Crippen LogP contribution in [0.5, 0.6) is 0 Å². The Morgan fingerprint density at radius 1 is 1.21 bits per heavy atom. The van der Waals surface area contributed by atoms with Gasteiger partial charge in [0.05, 0.1) is 0 Å². The highest BCUT2D eigenvalue weighted by Crippen LogP contribution is 2.20. The van der Waals surface area contributed by atoms with Gasteiger partial charge in [0.1, 0.15) is 18.0 Å². The Morgan fingerprint density at radius 2 is 1.84 bits per heavy atom. The fourth-order valence-corrected chi connectivity index (χ4v) is 2.14. The van der Waals surface area contributed by atoms with Crippen LogP contribution in [0.1, 0.15) is 33.3 Å². The van der Waals surface area contributed by atoms with Crippen LogP contribution in [0.3, 0.4) is 0 Å². The van der Waals surface area contributed by atoms with Gasteiger partial charge in [0.2, 0.25) is 0 Å². The highest BCUT2D eigenvalue weighted by molar-refractivity contribution is 5.57. The molecule has 0 aliphatic heterocycles. The topological polar surface area (TPSA) is 79.1 Å². The maximum Gasteiger partial charge on any atom is 0.148 e. The van der Waals surface area contributed by atoms with E-state index in [2.05, 4.69) is 53.3 Å². The second-order valence-corrected chi connectivity index (χ2v) is 4.58. The second-order valence-electron chi connectivity index (χ2n) is 4.58. The van der Waals surface area contributed by atoms with Crippen LogP contribution in [0.25, 0.3) is 0 Å². The van der Waals surface area contributed by atoms with E-state index >= 15 is 0 Å². The molecule has 0 saturated heterocycles. The Morgan fingerprint density at radius 3 is 2.37 bits per heavy atom. The average Bonchev–Trinajstić information content (AvgIpc) is 2.44. The van der Waals surface area contributed by atoms with E-state index in [4.69, 9.17) is 5.84 Å². The molecule has 19 heavy (non-hydrogen) atoms. The fraction of sp³-hybridized carbons (Fsp3) is 0.692. The highest BCUT2D eigenvalue weighted by atomic mass is 15.3. The molecule has 1 rings (SSSR count). The quantitative estimate of drug-likeness (QED) is 0.488. The summed E-state index contributed by atoms with van der Waals surface area (Å²) in [4.78, 5) is 10.8. The van der Waals surface area contributed by atoms with Crippen molar-refractivity contribution in [3.8, 4) is 0 Å². The minimum absolute atomic E-state index is 0.325. The third kappa shape index (κ3) is 4.33. The summed E-state index contributed by atoms with van der Waals surface area (Å²) in [5, 5.41) is 3.45. The van der Waals surface area contributed by atoms with E-state index < -0.39 is 0 Å². The molecule has 6 heteroatoms. The Kier molecular flexibility index (Phi) is 6.52. The number of aromatic nitrogens is 2. The Labute approximate surface area is 115 Å². The van der Waals surface area contributed by atoms with Crippen molar-refractivity contribution in [2.75, 3.05) is 30.4 Å². The van der Waals surface area contributed by atoms with Gasteiger partial charge in [0.25, 0.3) is 0 Å². The van der Waals surface area contributed by atoms with Gasteiger partial charge in [-0.2, -0.15) is 0 Å². The van der Waals surface area contributed by atoms with Crippen LogP contribution < -0.4 is 16.6 Å². The summed E-state index contributed by atoms with van der Waals surface area (Å²) in [7, 11) is 0. The lowest BCUT2D eigenvalue weighted by molar-refractivity contribution is 0.294. The van der Waals surface area contributed by atoms with Crippen molar-refractivity contribution in [3.63, 3.8) is 0 Å². The normalized spacial score (nSPS) is 12.5. The zero-order valence-electron chi connectivity index (χ0n) is 12.4. The number of hydrazine groups is 1. The number of nitrogens with two attached hydrogens (primary N) is 1. The molecule has 0 spiro atoms. The second kappa shape index (κ2) is 7.91. The van der Waals surface area contributed by atoms with Crippen LogP contribution in [0.4, 0.5) is 11.6 Å². The number of hydrogen-bond acceptors (Lipinski definition) is 6. The van der Waals surface area contributed by atoms with Crippen LogP contribution >= 0.6 is 0 Å². The predicted octanol–water partition coefficient (Wildman–Crippen LogP) is 1.47. The molecular weight excluding hydrogens is 240 g/mol. The molecule has 0 aliphatic rings. The molecular formula is C13H26N6. The number of nitrogens with one attached hydrogen (secondary N) is 2. The standard InChI is InChI=1S/C13H26N6/c1-5-11-12(15-9-16-13(11)18-14)17-10(4)8-19(6-2)7-3/h9-10H,5-8,14H2,1-4H3,(H2,15,16,17,18). The first kappa shape index (κ1) is 15.7. The molecule has 0 fully saturated rings. The van der Waals surface area contributed by atoms with Crippen LogP contribution in [0.2, 0.25) is 0 Å². The Balaban J connectivity index is 2.76. The number of likely N-dealkylation sites (N-methyl/N-ethyl adjacent to an activating group) is 1. The maximum atomic E-state index is 5.47. The predicted molar refractivity (Wildman–Crippen MR) is 80.1 cm³/mol. The van der Waals surface area contributed by atoms with Gasteiger partial charge < -0.3 is 15.6 Å². The number of nitrogen functional groups attached to an aromatic ring is 1.